The van der Waals surface area contributed by atoms with E-state index in [0.717, 1.165) is 0 Å². The zero-order valence-electron chi connectivity index (χ0n) is 6.95. The SMILES string of the molecule is O[C@@H](c1ccc(F)c(F)c1F)C(F)(F)F. The van der Waals surface area contributed by atoms with Gasteiger partial charge in [-0.3, -0.25) is 0 Å². The molecule has 1 aromatic rings. The minimum atomic E-state index is -5.13. The summed E-state index contributed by atoms with van der Waals surface area (Å²) in [6.07, 6.45) is -8.31. The van der Waals surface area contributed by atoms with Crippen LogP contribution in [0.5, 0.6) is 0 Å². The Bertz CT molecular complexity index is 372. The first kappa shape index (κ1) is 11.8. The molecule has 1 nitrogen and oxygen atoms in total. The lowest BCUT2D eigenvalue weighted by Crippen LogP contribution is -2.21. The summed E-state index contributed by atoms with van der Waals surface area (Å²) < 4.78 is 73.4. The third-order valence-corrected chi connectivity index (χ3v) is 1.67. The molecule has 0 spiro atoms. The summed E-state index contributed by atoms with van der Waals surface area (Å²) in [7, 11) is 0. The summed E-state index contributed by atoms with van der Waals surface area (Å²) in [6, 6.07) is 0.647. The van der Waals surface area contributed by atoms with Crippen molar-refractivity contribution >= 4 is 0 Å². The molecule has 7 heteroatoms. The van der Waals surface area contributed by atoms with Crippen molar-refractivity contribution < 1.29 is 31.4 Å². The van der Waals surface area contributed by atoms with Gasteiger partial charge in [0, 0.05) is 5.56 Å². The lowest BCUT2D eigenvalue weighted by molar-refractivity contribution is -0.207. The largest absolute Gasteiger partial charge is 0.418 e. The molecule has 1 N–H and O–H groups in total. The number of benzene rings is 1. The minimum Gasteiger partial charge on any atom is -0.379 e. The topological polar surface area (TPSA) is 20.2 Å². The number of rotatable bonds is 1. The zero-order chi connectivity index (χ0) is 11.8. The summed E-state index contributed by atoms with van der Waals surface area (Å²) in [4.78, 5) is 0. The van der Waals surface area contributed by atoms with Crippen molar-refractivity contribution in [1.29, 1.82) is 0 Å². The van der Waals surface area contributed by atoms with E-state index in [0.29, 0.717) is 12.1 Å². The molecule has 0 aliphatic carbocycles. The molecule has 0 heterocycles. The zero-order valence-corrected chi connectivity index (χ0v) is 6.95. The number of hydrogen-bond donors (Lipinski definition) is 1. The predicted octanol–water partition coefficient (Wildman–Crippen LogP) is 2.70. The average Bonchev–Trinajstić information content (AvgIpc) is 2.12. The Balaban J connectivity index is 3.23. The molecule has 1 rings (SSSR count). The second-order valence-corrected chi connectivity index (χ2v) is 2.71. The van der Waals surface area contributed by atoms with Crippen molar-refractivity contribution in [2.75, 3.05) is 0 Å². The van der Waals surface area contributed by atoms with Crippen molar-refractivity contribution in [3.63, 3.8) is 0 Å². The van der Waals surface area contributed by atoms with E-state index < -0.39 is 35.3 Å². The van der Waals surface area contributed by atoms with E-state index in [9.17, 15) is 26.3 Å². The maximum Gasteiger partial charge on any atom is 0.418 e. The normalized spacial score (nSPS) is 14.1. The van der Waals surface area contributed by atoms with Crippen molar-refractivity contribution in [2.45, 2.75) is 12.3 Å². The van der Waals surface area contributed by atoms with Crippen LogP contribution in [-0.4, -0.2) is 11.3 Å². The highest BCUT2D eigenvalue weighted by Crippen LogP contribution is 2.34. The monoisotopic (exact) mass is 230 g/mol. The Hall–Kier alpha value is -1.24. The van der Waals surface area contributed by atoms with E-state index in [1.165, 1.54) is 0 Å². The standard InChI is InChI=1S/C8H4F6O/c9-4-2-1-3(5(10)6(4)11)7(15)8(12,13)14/h1-2,7,15H/t7-/m0/s1. The van der Waals surface area contributed by atoms with Gasteiger partial charge in [-0.1, -0.05) is 6.07 Å². The molecule has 84 valence electrons. The van der Waals surface area contributed by atoms with Crippen LogP contribution in [0.1, 0.15) is 11.7 Å². The van der Waals surface area contributed by atoms with Crippen LogP contribution in [0.15, 0.2) is 12.1 Å². The first-order chi connectivity index (χ1) is 6.75. The fraction of sp³-hybridized carbons (Fsp3) is 0.250. The van der Waals surface area contributed by atoms with Gasteiger partial charge < -0.3 is 5.11 Å². The van der Waals surface area contributed by atoms with Crippen LogP contribution in [0.3, 0.4) is 0 Å². The molecule has 0 radical (unpaired) electrons. The van der Waals surface area contributed by atoms with Gasteiger partial charge in [-0.05, 0) is 6.07 Å². The molecule has 0 bridgehead atoms. The van der Waals surface area contributed by atoms with Crippen LogP contribution >= 0.6 is 0 Å². The van der Waals surface area contributed by atoms with E-state index in [-0.39, 0.29) is 0 Å². The molecule has 1 aromatic carbocycles. The summed E-state index contributed by atoms with van der Waals surface area (Å²) in [5, 5.41) is 8.60. The maximum absolute atomic E-state index is 12.8. The Kier molecular flexibility index (Phi) is 2.94. The van der Waals surface area contributed by atoms with Crippen LogP contribution in [0.4, 0.5) is 26.3 Å². The van der Waals surface area contributed by atoms with Gasteiger partial charge >= 0.3 is 6.18 Å². The Morgan fingerprint density at radius 1 is 1.00 bits per heavy atom. The van der Waals surface area contributed by atoms with Gasteiger partial charge in [-0.25, -0.2) is 13.2 Å². The van der Waals surface area contributed by atoms with E-state index in [1.54, 1.807) is 0 Å². The Morgan fingerprint density at radius 2 is 1.53 bits per heavy atom. The number of halogens is 6. The Labute approximate surface area is 79.9 Å². The first-order valence-electron chi connectivity index (χ1n) is 3.63. The molecular weight excluding hydrogens is 226 g/mol. The molecule has 15 heavy (non-hydrogen) atoms. The van der Waals surface area contributed by atoms with E-state index >= 15 is 0 Å². The molecule has 0 amide bonds. The van der Waals surface area contributed by atoms with Gasteiger partial charge in [0.2, 0.25) is 0 Å². The number of aliphatic hydroxyl groups is 1. The smallest absolute Gasteiger partial charge is 0.379 e. The lowest BCUT2D eigenvalue weighted by atomic mass is 10.1. The second-order valence-electron chi connectivity index (χ2n) is 2.71. The summed E-state index contributed by atoms with van der Waals surface area (Å²) in [6.45, 7) is 0. The van der Waals surface area contributed by atoms with Gasteiger partial charge in [0.1, 0.15) is 0 Å². The van der Waals surface area contributed by atoms with E-state index in [2.05, 4.69) is 0 Å². The van der Waals surface area contributed by atoms with Gasteiger partial charge in [0.15, 0.2) is 23.6 Å². The van der Waals surface area contributed by atoms with Crippen molar-refractivity contribution in [1.82, 2.24) is 0 Å². The third kappa shape index (κ3) is 2.23. The average molecular weight is 230 g/mol. The summed E-state index contributed by atoms with van der Waals surface area (Å²) in [5.41, 5.74) is -1.35. The fourth-order valence-corrected chi connectivity index (χ4v) is 0.928. The molecule has 0 fully saturated rings. The number of aliphatic hydroxyl groups excluding tert-OH is 1. The van der Waals surface area contributed by atoms with Crippen LogP contribution in [0, 0.1) is 17.5 Å². The first-order valence-corrected chi connectivity index (χ1v) is 3.63. The molecular formula is C8H4F6O. The summed E-state index contributed by atoms with van der Waals surface area (Å²) in [5.74, 6) is -5.71. The molecule has 0 saturated heterocycles. The molecule has 1 atom stereocenters. The van der Waals surface area contributed by atoms with Crippen molar-refractivity contribution in [2.24, 2.45) is 0 Å². The van der Waals surface area contributed by atoms with Gasteiger partial charge in [0.25, 0.3) is 0 Å². The maximum atomic E-state index is 12.8. The van der Waals surface area contributed by atoms with Crippen molar-refractivity contribution in [3.05, 3.63) is 35.1 Å². The Morgan fingerprint density at radius 3 is 2.00 bits per heavy atom. The molecule has 0 aliphatic heterocycles. The van der Waals surface area contributed by atoms with Crippen LogP contribution < -0.4 is 0 Å². The van der Waals surface area contributed by atoms with Crippen LogP contribution in [0.2, 0.25) is 0 Å². The molecule has 0 saturated carbocycles. The number of alkyl halides is 3. The third-order valence-electron chi connectivity index (χ3n) is 1.67. The fourth-order valence-electron chi connectivity index (χ4n) is 0.928. The highest BCUT2D eigenvalue weighted by atomic mass is 19.4. The second kappa shape index (κ2) is 3.73. The molecule has 0 aromatic heterocycles. The van der Waals surface area contributed by atoms with Gasteiger partial charge in [0.05, 0.1) is 0 Å². The summed E-state index contributed by atoms with van der Waals surface area (Å²) >= 11 is 0. The van der Waals surface area contributed by atoms with Crippen LogP contribution in [-0.2, 0) is 0 Å². The van der Waals surface area contributed by atoms with Gasteiger partial charge in [-0.2, -0.15) is 13.2 Å². The van der Waals surface area contributed by atoms with Crippen LogP contribution in [0.25, 0.3) is 0 Å². The molecule has 0 unspecified atom stereocenters. The molecule has 0 aliphatic rings. The predicted molar refractivity (Wildman–Crippen MR) is 37.3 cm³/mol. The van der Waals surface area contributed by atoms with E-state index in [4.69, 9.17) is 5.11 Å². The van der Waals surface area contributed by atoms with Crippen molar-refractivity contribution in [3.8, 4) is 0 Å². The highest BCUT2D eigenvalue weighted by molar-refractivity contribution is 5.23. The minimum absolute atomic E-state index is 0.308. The van der Waals surface area contributed by atoms with Gasteiger partial charge in [-0.15, -0.1) is 0 Å². The highest BCUT2D eigenvalue weighted by Gasteiger charge is 2.41. The lowest BCUT2D eigenvalue weighted by Gasteiger charge is -2.15. The quantitative estimate of drug-likeness (QED) is 0.580. The number of hydrogen-bond acceptors (Lipinski definition) is 1. The van der Waals surface area contributed by atoms with E-state index in [1.807, 2.05) is 0 Å².